The highest BCUT2D eigenvalue weighted by Crippen LogP contribution is 2.32. The zero-order valence-electron chi connectivity index (χ0n) is 21.2. The molecule has 0 saturated heterocycles. The van der Waals surface area contributed by atoms with Gasteiger partial charge in [-0.3, -0.25) is 9.36 Å². The van der Waals surface area contributed by atoms with E-state index in [9.17, 15) is 4.79 Å². The summed E-state index contributed by atoms with van der Waals surface area (Å²) in [7, 11) is 0. The van der Waals surface area contributed by atoms with Gasteiger partial charge in [0.2, 0.25) is 0 Å². The molecule has 0 spiro atoms. The van der Waals surface area contributed by atoms with Gasteiger partial charge in [0.05, 0.1) is 22.6 Å². The van der Waals surface area contributed by atoms with Crippen LogP contribution in [0, 0.1) is 0 Å². The molecule has 0 saturated carbocycles. The zero-order chi connectivity index (χ0) is 26.2. The predicted octanol–water partition coefficient (Wildman–Crippen LogP) is 8.54. The van der Waals surface area contributed by atoms with Crippen molar-refractivity contribution in [3.05, 3.63) is 156 Å². The van der Waals surface area contributed by atoms with Crippen molar-refractivity contribution >= 4 is 21.7 Å². The van der Waals surface area contributed by atoms with E-state index >= 15 is 0 Å². The summed E-state index contributed by atoms with van der Waals surface area (Å²) in [5.74, 6) is 0. The smallest absolute Gasteiger partial charge is 0.263 e. The SMILES string of the molecule is O=c1c2ccccc2c2cc(-c3ccccc3)ccc2n1-c1cc(-c2ccccc2)nc(-c2ccccc2)c1. The topological polar surface area (TPSA) is 34.9 Å². The van der Waals surface area contributed by atoms with Crippen LogP contribution in [0.1, 0.15) is 0 Å². The van der Waals surface area contributed by atoms with Gasteiger partial charge in [0, 0.05) is 21.9 Å². The summed E-state index contributed by atoms with van der Waals surface area (Å²) in [4.78, 5) is 19.1. The molecule has 0 amide bonds. The molecule has 0 atom stereocenters. The molecule has 0 aliphatic carbocycles. The highest BCUT2D eigenvalue weighted by molar-refractivity contribution is 6.07. The molecule has 184 valence electrons. The first kappa shape index (κ1) is 22.9. The Bertz CT molecular complexity index is 1950. The molecule has 5 aromatic carbocycles. The van der Waals surface area contributed by atoms with Crippen LogP contribution in [0.3, 0.4) is 0 Å². The number of hydrogen-bond donors (Lipinski definition) is 0. The molecule has 0 unspecified atom stereocenters. The molecule has 0 fully saturated rings. The van der Waals surface area contributed by atoms with E-state index < -0.39 is 0 Å². The second kappa shape index (κ2) is 9.55. The Balaban J connectivity index is 1.56. The summed E-state index contributed by atoms with van der Waals surface area (Å²) in [6.07, 6.45) is 0. The molecular weight excluding hydrogens is 476 g/mol. The zero-order valence-corrected chi connectivity index (χ0v) is 21.2. The first-order valence-corrected chi connectivity index (χ1v) is 13.0. The summed E-state index contributed by atoms with van der Waals surface area (Å²) < 4.78 is 1.84. The van der Waals surface area contributed by atoms with Crippen LogP contribution in [-0.2, 0) is 0 Å². The largest absolute Gasteiger partial charge is 0.276 e. The minimum Gasteiger partial charge on any atom is -0.276 e. The Hall–Kier alpha value is -5.28. The second-order valence-corrected chi connectivity index (χ2v) is 9.61. The molecule has 0 radical (unpaired) electrons. The second-order valence-electron chi connectivity index (χ2n) is 9.61. The van der Waals surface area contributed by atoms with Gasteiger partial charge < -0.3 is 0 Å². The van der Waals surface area contributed by atoms with Gasteiger partial charge in [0.25, 0.3) is 5.56 Å². The molecule has 7 rings (SSSR count). The van der Waals surface area contributed by atoms with Crippen molar-refractivity contribution in [3.63, 3.8) is 0 Å². The third kappa shape index (κ3) is 4.11. The maximum absolute atomic E-state index is 14.1. The molecule has 7 aromatic rings. The van der Waals surface area contributed by atoms with Crippen molar-refractivity contribution < 1.29 is 0 Å². The summed E-state index contributed by atoms with van der Waals surface area (Å²) in [5, 5.41) is 2.67. The van der Waals surface area contributed by atoms with Gasteiger partial charge in [0.1, 0.15) is 0 Å². The Labute approximate surface area is 226 Å². The van der Waals surface area contributed by atoms with E-state index in [0.717, 1.165) is 55.6 Å². The molecule has 3 heteroatoms. The summed E-state index contributed by atoms with van der Waals surface area (Å²) in [5.41, 5.74) is 7.50. The van der Waals surface area contributed by atoms with Crippen molar-refractivity contribution in [1.82, 2.24) is 9.55 Å². The van der Waals surface area contributed by atoms with E-state index in [-0.39, 0.29) is 5.56 Å². The highest BCUT2D eigenvalue weighted by Gasteiger charge is 2.16. The van der Waals surface area contributed by atoms with E-state index in [1.165, 1.54) is 0 Å². The fourth-order valence-corrected chi connectivity index (χ4v) is 5.31. The van der Waals surface area contributed by atoms with Gasteiger partial charge in [-0.25, -0.2) is 4.98 Å². The lowest BCUT2D eigenvalue weighted by molar-refractivity contribution is 1.05. The highest BCUT2D eigenvalue weighted by atomic mass is 16.1. The van der Waals surface area contributed by atoms with Gasteiger partial charge >= 0.3 is 0 Å². The van der Waals surface area contributed by atoms with Gasteiger partial charge in [-0.1, -0.05) is 115 Å². The Morgan fingerprint density at radius 2 is 0.949 bits per heavy atom. The molecule has 0 bridgehead atoms. The average Bonchev–Trinajstić information content (AvgIpc) is 3.02. The van der Waals surface area contributed by atoms with Crippen molar-refractivity contribution in [2.24, 2.45) is 0 Å². The number of pyridine rings is 2. The summed E-state index contributed by atoms with van der Waals surface area (Å²) in [6, 6.07) is 48.8. The van der Waals surface area contributed by atoms with Crippen LogP contribution < -0.4 is 5.56 Å². The lowest BCUT2D eigenvalue weighted by Crippen LogP contribution is -2.19. The average molecular weight is 501 g/mol. The van der Waals surface area contributed by atoms with Crippen LogP contribution in [0.5, 0.6) is 0 Å². The first-order chi connectivity index (χ1) is 19.3. The lowest BCUT2D eigenvalue weighted by atomic mass is 9.99. The van der Waals surface area contributed by atoms with E-state index in [2.05, 4.69) is 30.3 Å². The van der Waals surface area contributed by atoms with Crippen molar-refractivity contribution in [1.29, 1.82) is 0 Å². The van der Waals surface area contributed by atoms with Gasteiger partial charge in [-0.15, -0.1) is 0 Å². The number of fused-ring (bicyclic) bond motifs is 3. The van der Waals surface area contributed by atoms with E-state index in [4.69, 9.17) is 4.98 Å². The normalized spacial score (nSPS) is 11.2. The predicted molar refractivity (Wildman–Crippen MR) is 161 cm³/mol. The van der Waals surface area contributed by atoms with Crippen LogP contribution in [0.4, 0.5) is 0 Å². The molecule has 3 nitrogen and oxygen atoms in total. The van der Waals surface area contributed by atoms with Gasteiger partial charge in [-0.05, 0) is 46.8 Å². The fourth-order valence-electron chi connectivity index (χ4n) is 5.31. The number of aromatic nitrogens is 2. The third-order valence-electron chi connectivity index (χ3n) is 7.20. The third-order valence-corrected chi connectivity index (χ3v) is 7.20. The van der Waals surface area contributed by atoms with Gasteiger partial charge in [-0.2, -0.15) is 0 Å². The molecule has 0 aliphatic heterocycles. The molecule has 2 heterocycles. The van der Waals surface area contributed by atoms with Crippen LogP contribution >= 0.6 is 0 Å². The van der Waals surface area contributed by atoms with Crippen molar-refractivity contribution in [3.8, 4) is 39.3 Å². The molecule has 0 aliphatic rings. The standard InChI is InChI=1S/C36H24N2O/c39-36-31-19-11-10-18-30(31)32-22-28(25-12-4-1-5-13-25)20-21-35(32)38(36)29-23-33(26-14-6-2-7-15-26)37-34(24-29)27-16-8-3-9-17-27/h1-24H. The van der Waals surface area contributed by atoms with E-state index in [0.29, 0.717) is 5.39 Å². The number of hydrogen-bond acceptors (Lipinski definition) is 2. The Kier molecular flexibility index (Phi) is 5.60. The molecule has 2 aromatic heterocycles. The maximum Gasteiger partial charge on any atom is 0.263 e. The molecular formula is C36H24N2O. The first-order valence-electron chi connectivity index (χ1n) is 13.0. The number of rotatable bonds is 4. The minimum atomic E-state index is -0.0465. The number of benzene rings is 5. The van der Waals surface area contributed by atoms with E-state index in [1.54, 1.807) is 0 Å². The Morgan fingerprint density at radius 1 is 0.436 bits per heavy atom. The van der Waals surface area contributed by atoms with Crippen LogP contribution in [-0.4, -0.2) is 9.55 Å². The van der Waals surface area contributed by atoms with Crippen molar-refractivity contribution in [2.75, 3.05) is 0 Å². The van der Waals surface area contributed by atoms with Crippen LogP contribution in [0.2, 0.25) is 0 Å². The maximum atomic E-state index is 14.1. The van der Waals surface area contributed by atoms with Gasteiger partial charge in [0.15, 0.2) is 0 Å². The van der Waals surface area contributed by atoms with Crippen LogP contribution in [0.15, 0.2) is 150 Å². The molecule has 39 heavy (non-hydrogen) atoms. The quantitative estimate of drug-likeness (QED) is 0.227. The summed E-state index contributed by atoms with van der Waals surface area (Å²) >= 11 is 0. The monoisotopic (exact) mass is 500 g/mol. The van der Waals surface area contributed by atoms with Crippen LogP contribution in [0.25, 0.3) is 61.0 Å². The lowest BCUT2D eigenvalue weighted by Gasteiger charge is -2.17. The summed E-state index contributed by atoms with van der Waals surface area (Å²) in [6.45, 7) is 0. The Morgan fingerprint density at radius 3 is 1.54 bits per heavy atom. The minimum absolute atomic E-state index is 0.0465. The number of nitrogens with zero attached hydrogens (tertiary/aromatic N) is 2. The van der Waals surface area contributed by atoms with E-state index in [1.807, 2.05) is 120 Å². The molecule has 0 N–H and O–H groups in total. The van der Waals surface area contributed by atoms with Crippen molar-refractivity contribution in [2.45, 2.75) is 0 Å². The fraction of sp³-hybridized carbons (Fsp3) is 0.